The Morgan fingerprint density at radius 2 is 2.22 bits per heavy atom. The lowest BCUT2D eigenvalue weighted by atomic mass is 10.4. The molecule has 0 aliphatic carbocycles. The smallest absolute Gasteiger partial charge is 0.242 e. The minimum atomic E-state index is -3.59. The second-order valence-electron chi connectivity index (χ2n) is 3.35. The van der Waals surface area contributed by atoms with Gasteiger partial charge in [0, 0.05) is 26.4 Å². The summed E-state index contributed by atoms with van der Waals surface area (Å²) in [6, 6.07) is 1.35. The molecule has 1 rings (SSSR count). The molecule has 0 aromatic carbocycles. The summed E-state index contributed by atoms with van der Waals surface area (Å²) in [5.74, 6) is 0.435. The average Bonchev–Trinajstić information content (AvgIpc) is 2.34. The van der Waals surface area contributed by atoms with Crippen molar-refractivity contribution in [1.29, 1.82) is 0 Å². The number of rotatable bonds is 7. The first kappa shape index (κ1) is 15.2. The maximum Gasteiger partial charge on any atom is 0.242 e. The van der Waals surface area contributed by atoms with Crippen LogP contribution in [0, 0.1) is 0 Å². The molecule has 0 saturated carbocycles. The molecule has 1 aromatic rings. The highest BCUT2D eigenvalue weighted by atomic mass is 35.5. The zero-order valence-corrected chi connectivity index (χ0v) is 11.8. The van der Waals surface area contributed by atoms with Crippen LogP contribution in [-0.4, -0.2) is 40.2 Å². The zero-order valence-electron chi connectivity index (χ0n) is 10.2. The van der Waals surface area contributed by atoms with Crippen molar-refractivity contribution in [3.05, 3.63) is 17.3 Å². The number of pyridine rings is 1. The number of nitrogens with zero attached hydrogens (tertiary/aromatic N) is 1. The fourth-order valence-electron chi connectivity index (χ4n) is 1.23. The molecule has 0 unspecified atom stereocenters. The van der Waals surface area contributed by atoms with Crippen molar-refractivity contribution < 1.29 is 13.2 Å². The number of ether oxygens (including phenoxy) is 1. The molecule has 2 N–H and O–H groups in total. The highest BCUT2D eigenvalue weighted by molar-refractivity contribution is 7.89. The summed E-state index contributed by atoms with van der Waals surface area (Å²) in [5.41, 5.74) is 0. The molecule has 0 amide bonds. The molecule has 18 heavy (non-hydrogen) atoms. The van der Waals surface area contributed by atoms with Gasteiger partial charge >= 0.3 is 0 Å². The van der Waals surface area contributed by atoms with Gasteiger partial charge in [0.25, 0.3) is 0 Å². The van der Waals surface area contributed by atoms with Crippen molar-refractivity contribution >= 4 is 27.4 Å². The van der Waals surface area contributed by atoms with Crippen LogP contribution in [0.15, 0.2) is 17.2 Å². The minimum Gasteiger partial charge on any atom is -0.380 e. The Bertz CT molecular complexity index is 493. The fraction of sp³-hybridized carbons (Fsp3) is 0.500. The van der Waals surface area contributed by atoms with Gasteiger partial charge in [-0.25, -0.2) is 18.1 Å². The van der Waals surface area contributed by atoms with Crippen molar-refractivity contribution in [1.82, 2.24) is 9.71 Å². The summed E-state index contributed by atoms with van der Waals surface area (Å²) < 4.78 is 31.2. The normalized spacial score (nSPS) is 11.5. The third-order valence-electron chi connectivity index (χ3n) is 2.11. The molecule has 0 aliphatic rings. The summed E-state index contributed by atoms with van der Waals surface area (Å²) in [6.45, 7) is 2.92. The highest BCUT2D eigenvalue weighted by Crippen LogP contribution is 2.21. The van der Waals surface area contributed by atoms with Gasteiger partial charge in [0.05, 0.1) is 11.6 Å². The molecular weight excluding hydrogens is 278 g/mol. The van der Waals surface area contributed by atoms with Crippen LogP contribution in [0.3, 0.4) is 0 Å². The number of aromatic nitrogens is 1. The molecule has 0 bridgehead atoms. The van der Waals surface area contributed by atoms with Crippen molar-refractivity contribution in [3.63, 3.8) is 0 Å². The number of hydrogen-bond donors (Lipinski definition) is 2. The monoisotopic (exact) mass is 293 g/mol. The number of anilines is 1. The Hall–Kier alpha value is -0.890. The highest BCUT2D eigenvalue weighted by Gasteiger charge is 2.15. The Kier molecular flexibility index (Phi) is 5.80. The van der Waals surface area contributed by atoms with E-state index in [0.29, 0.717) is 19.0 Å². The predicted molar refractivity (Wildman–Crippen MR) is 70.5 cm³/mol. The maximum atomic E-state index is 11.9. The van der Waals surface area contributed by atoms with Gasteiger partial charge in [-0.15, -0.1) is 0 Å². The second kappa shape index (κ2) is 6.89. The predicted octanol–water partition coefficient (Wildman–Crippen LogP) is 1.09. The molecule has 1 aromatic heterocycles. The quantitative estimate of drug-likeness (QED) is 0.736. The minimum absolute atomic E-state index is 0.0306. The van der Waals surface area contributed by atoms with Crippen LogP contribution in [0.1, 0.15) is 6.92 Å². The van der Waals surface area contributed by atoms with Crippen molar-refractivity contribution in [3.8, 4) is 0 Å². The second-order valence-corrected chi connectivity index (χ2v) is 5.52. The third kappa shape index (κ3) is 4.09. The van der Waals surface area contributed by atoms with E-state index in [2.05, 4.69) is 15.0 Å². The Balaban J connectivity index is 2.76. The largest absolute Gasteiger partial charge is 0.380 e. The van der Waals surface area contributed by atoms with Gasteiger partial charge in [-0.05, 0) is 13.0 Å². The van der Waals surface area contributed by atoms with Crippen molar-refractivity contribution in [2.75, 3.05) is 32.1 Å². The summed E-state index contributed by atoms with van der Waals surface area (Å²) >= 11 is 5.88. The lowest BCUT2D eigenvalue weighted by Gasteiger charge is -2.08. The molecule has 0 atom stereocenters. The van der Waals surface area contributed by atoms with E-state index in [1.54, 1.807) is 7.05 Å². The third-order valence-corrected chi connectivity index (χ3v) is 3.82. The van der Waals surface area contributed by atoms with Crippen LogP contribution in [0.2, 0.25) is 5.02 Å². The number of sulfonamides is 1. The van der Waals surface area contributed by atoms with Crippen LogP contribution in [0.5, 0.6) is 0 Å². The molecule has 8 heteroatoms. The van der Waals surface area contributed by atoms with Gasteiger partial charge in [0.2, 0.25) is 10.0 Å². The maximum absolute atomic E-state index is 11.9. The van der Waals surface area contributed by atoms with E-state index in [1.165, 1.54) is 12.3 Å². The number of halogens is 1. The van der Waals surface area contributed by atoms with E-state index in [9.17, 15) is 8.42 Å². The Labute approximate surface area is 112 Å². The van der Waals surface area contributed by atoms with E-state index < -0.39 is 10.0 Å². The van der Waals surface area contributed by atoms with Crippen molar-refractivity contribution in [2.45, 2.75) is 11.8 Å². The van der Waals surface area contributed by atoms with Gasteiger partial charge in [-0.1, -0.05) is 11.6 Å². The lowest BCUT2D eigenvalue weighted by Crippen LogP contribution is -2.27. The van der Waals surface area contributed by atoms with Crippen LogP contribution >= 0.6 is 11.6 Å². The molecule has 102 valence electrons. The molecule has 6 nitrogen and oxygen atoms in total. The molecule has 0 saturated heterocycles. The molecule has 1 heterocycles. The summed E-state index contributed by atoms with van der Waals surface area (Å²) in [4.78, 5) is 3.94. The molecule has 0 radical (unpaired) electrons. The summed E-state index contributed by atoms with van der Waals surface area (Å²) in [5, 5.41) is 3.01. The zero-order chi connectivity index (χ0) is 13.6. The first-order chi connectivity index (χ1) is 8.51. The fourth-order valence-corrected chi connectivity index (χ4v) is 2.54. The van der Waals surface area contributed by atoms with Gasteiger partial charge in [0.15, 0.2) is 0 Å². The van der Waals surface area contributed by atoms with E-state index in [4.69, 9.17) is 16.3 Å². The average molecular weight is 294 g/mol. The number of nitrogens with one attached hydrogen (secondary N) is 2. The van der Waals surface area contributed by atoms with Gasteiger partial charge < -0.3 is 10.1 Å². The van der Waals surface area contributed by atoms with E-state index in [1.807, 2.05) is 6.92 Å². The SMILES string of the molecule is CCOCCNS(=O)(=O)c1cnc(NC)c(Cl)c1. The molecular formula is C10H16ClN3O3S. The van der Waals surface area contributed by atoms with E-state index in [-0.39, 0.29) is 16.5 Å². The lowest BCUT2D eigenvalue weighted by molar-refractivity contribution is 0.153. The summed E-state index contributed by atoms with van der Waals surface area (Å²) in [7, 11) is -1.94. The standard InChI is InChI=1S/C10H16ClN3O3S/c1-3-17-5-4-14-18(15,16)8-6-9(11)10(12-2)13-7-8/h6-7,14H,3-5H2,1-2H3,(H,12,13). The topological polar surface area (TPSA) is 80.3 Å². The van der Waals surface area contributed by atoms with Crippen molar-refractivity contribution in [2.24, 2.45) is 0 Å². The Morgan fingerprint density at radius 1 is 1.50 bits per heavy atom. The van der Waals surface area contributed by atoms with Crippen LogP contribution in [-0.2, 0) is 14.8 Å². The van der Waals surface area contributed by atoms with Gasteiger partial charge in [0.1, 0.15) is 10.7 Å². The number of hydrogen-bond acceptors (Lipinski definition) is 5. The molecule has 0 aliphatic heterocycles. The Morgan fingerprint density at radius 3 is 2.78 bits per heavy atom. The first-order valence-corrected chi connectivity index (χ1v) is 7.28. The van der Waals surface area contributed by atoms with Gasteiger partial charge in [-0.3, -0.25) is 0 Å². The van der Waals surface area contributed by atoms with Crippen LogP contribution in [0.25, 0.3) is 0 Å². The van der Waals surface area contributed by atoms with Crippen LogP contribution < -0.4 is 10.0 Å². The molecule has 0 spiro atoms. The van der Waals surface area contributed by atoms with Crippen LogP contribution in [0.4, 0.5) is 5.82 Å². The molecule has 0 fully saturated rings. The summed E-state index contributed by atoms with van der Waals surface area (Å²) in [6.07, 6.45) is 1.25. The van der Waals surface area contributed by atoms with Gasteiger partial charge in [-0.2, -0.15) is 0 Å². The first-order valence-electron chi connectivity index (χ1n) is 5.42. The van der Waals surface area contributed by atoms with E-state index >= 15 is 0 Å². The van der Waals surface area contributed by atoms with E-state index in [0.717, 1.165) is 0 Å².